The van der Waals surface area contributed by atoms with Gasteiger partial charge in [0.05, 0.1) is 17.3 Å². The summed E-state index contributed by atoms with van der Waals surface area (Å²) in [5.41, 5.74) is 5.32. The van der Waals surface area contributed by atoms with Crippen LogP contribution >= 0.6 is 11.6 Å². The molecule has 0 spiro atoms. The Labute approximate surface area is 221 Å². The van der Waals surface area contributed by atoms with E-state index < -0.39 is 0 Å². The number of para-hydroxylation sites is 1. The largest absolute Gasteiger partial charge is 0.369 e. The van der Waals surface area contributed by atoms with Gasteiger partial charge in [-0.3, -0.25) is 14.7 Å². The van der Waals surface area contributed by atoms with Crippen molar-refractivity contribution in [1.82, 2.24) is 14.9 Å². The van der Waals surface area contributed by atoms with Crippen molar-refractivity contribution in [1.29, 1.82) is 0 Å². The average molecular weight is 517 g/mol. The lowest BCUT2D eigenvalue weighted by atomic mass is 10.1. The summed E-state index contributed by atoms with van der Waals surface area (Å²) in [5.74, 6) is 1.31. The number of amides is 1. The van der Waals surface area contributed by atoms with Crippen LogP contribution in [0.15, 0.2) is 47.6 Å². The first-order valence-corrected chi connectivity index (χ1v) is 12.9. The van der Waals surface area contributed by atoms with E-state index >= 15 is 0 Å². The normalized spacial score (nSPS) is 17.6. The Kier molecular flexibility index (Phi) is 5.97. The third kappa shape index (κ3) is 4.18. The number of anilines is 5. The van der Waals surface area contributed by atoms with Crippen LogP contribution in [0.5, 0.6) is 0 Å². The number of guanidine groups is 1. The van der Waals surface area contributed by atoms with E-state index in [1.54, 1.807) is 17.2 Å². The Hall–Kier alpha value is -3.69. The van der Waals surface area contributed by atoms with Gasteiger partial charge in [-0.15, -0.1) is 0 Å². The van der Waals surface area contributed by atoms with E-state index in [0.29, 0.717) is 47.1 Å². The fourth-order valence-corrected chi connectivity index (χ4v) is 5.51. The minimum absolute atomic E-state index is 0.234. The lowest BCUT2D eigenvalue weighted by Crippen LogP contribution is -2.51. The molecule has 0 atom stereocenters. The van der Waals surface area contributed by atoms with Gasteiger partial charge in [-0.05, 0) is 56.3 Å². The summed E-state index contributed by atoms with van der Waals surface area (Å²) in [5, 5.41) is 3.83. The molecule has 0 radical (unpaired) electrons. The number of piperazine rings is 1. The van der Waals surface area contributed by atoms with Gasteiger partial charge in [-0.1, -0.05) is 23.7 Å². The number of rotatable bonds is 4. The molecule has 4 heterocycles. The number of hydrogen-bond acceptors (Lipinski definition) is 8. The Balaban J connectivity index is 1.29. The number of halogens is 1. The van der Waals surface area contributed by atoms with Crippen molar-refractivity contribution in [3.8, 4) is 0 Å². The maximum atomic E-state index is 13.6. The minimum Gasteiger partial charge on any atom is -0.369 e. The molecule has 3 aliphatic heterocycles. The fourth-order valence-electron chi connectivity index (χ4n) is 5.20. The maximum absolute atomic E-state index is 13.6. The zero-order valence-electron chi connectivity index (χ0n) is 21.2. The molecule has 1 saturated heterocycles. The predicted octanol–water partition coefficient (Wildman–Crippen LogP) is 4.08. The van der Waals surface area contributed by atoms with E-state index in [2.05, 4.69) is 57.3 Å². The van der Waals surface area contributed by atoms with Crippen LogP contribution in [0.25, 0.3) is 0 Å². The van der Waals surface area contributed by atoms with Crippen LogP contribution in [0.3, 0.4) is 0 Å². The second kappa shape index (κ2) is 9.32. The van der Waals surface area contributed by atoms with E-state index in [-0.39, 0.29) is 5.91 Å². The lowest BCUT2D eigenvalue weighted by Gasteiger charge is -2.35. The molecule has 0 bridgehead atoms. The van der Waals surface area contributed by atoms with Gasteiger partial charge in [0.15, 0.2) is 5.82 Å². The first kappa shape index (κ1) is 23.7. The molecular weight excluding hydrogens is 488 g/mol. The number of hydrogen-bond donors (Lipinski definition) is 1. The Morgan fingerprint density at radius 3 is 2.57 bits per heavy atom. The summed E-state index contributed by atoms with van der Waals surface area (Å²) in [7, 11) is 2.16. The summed E-state index contributed by atoms with van der Waals surface area (Å²) in [6.45, 7) is 9.44. The van der Waals surface area contributed by atoms with Crippen molar-refractivity contribution in [3.05, 3.63) is 64.3 Å². The number of benzene rings is 2. The molecule has 37 heavy (non-hydrogen) atoms. The van der Waals surface area contributed by atoms with Gasteiger partial charge in [0.2, 0.25) is 11.9 Å². The van der Waals surface area contributed by atoms with Crippen molar-refractivity contribution in [2.75, 3.05) is 66.3 Å². The number of nitrogens with one attached hydrogen (secondary N) is 1. The number of fused-ring (bicyclic) bond motifs is 3. The molecule has 9 nitrogen and oxygen atoms in total. The first-order valence-electron chi connectivity index (χ1n) is 12.5. The number of aryl methyl sites for hydroxylation is 2. The fraction of sp³-hybridized carbons (Fsp3) is 0.333. The third-order valence-electron chi connectivity index (χ3n) is 7.19. The molecule has 3 aromatic rings. The second-order valence-corrected chi connectivity index (χ2v) is 10.1. The summed E-state index contributed by atoms with van der Waals surface area (Å²) in [6.07, 6.45) is 1.59. The molecule has 10 heteroatoms. The van der Waals surface area contributed by atoms with Gasteiger partial charge in [0.1, 0.15) is 5.56 Å². The molecular formula is C27H29ClN8O. The number of carbonyl (C=O) groups excluding carboxylic acids is 1. The third-order valence-corrected chi connectivity index (χ3v) is 7.49. The summed E-state index contributed by atoms with van der Waals surface area (Å²) in [4.78, 5) is 35.8. The molecule has 0 saturated carbocycles. The number of likely N-dealkylation sites (N-methyl/N-ethyl adjacent to an activating group) is 1. The van der Waals surface area contributed by atoms with Crippen LogP contribution in [0, 0.1) is 13.8 Å². The molecule has 190 valence electrons. The molecule has 0 unspecified atom stereocenters. The number of aromatic nitrogens is 2. The topological polar surface area (TPSA) is 80.2 Å². The lowest BCUT2D eigenvalue weighted by molar-refractivity contribution is 0.0999. The van der Waals surface area contributed by atoms with Crippen LogP contribution < -0.4 is 20.0 Å². The van der Waals surface area contributed by atoms with Gasteiger partial charge in [0, 0.05) is 50.3 Å². The smallest absolute Gasteiger partial charge is 0.270 e. The monoisotopic (exact) mass is 516 g/mol. The predicted molar refractivity (Wildman–Crippen MR) is 149 cm³/mol. The highest BCUT2D eigenvalue weighted by Crippen LogP contribution is 2.37. The zero-order valence-corrected chi connectivity index (χ0v) is 22.0. The van der Waals surface area contributed by atoms with Gasteiger partial charge < -0.3 is 15.1 Å². The molecule has 2 aromatic carbocycles. The SMILES string of the molecule is Cc1cc(Nc2ncc3c(n2)N2CCN=C2N(c2c(C)cccc2Cl)C3=O)ccc1N1CCN(C)CC1. The zero-order chi connectivity index (χ0) is 25.7. The second-order valence-electron chi connectivity index (χ2n) is 9.73. The molecule has 1 amide bonds. The van der Waals surface area contributed by atoms with Crippen LogP contribution in [0.4, 0.5) is 28.8 Å². The average Bonchev–Trinajstić information content (AvgIpc) is 3.36. The number of aliphatic imine (C=N–C) groups is 1. The van der Waals surface area contributed by atoms with E-state index in [1.807, 2.05) is 24.0 Å². The Bertz CT molecular complexity index is 1400. The highest BCUT2D eigenvalue weighted by Gasteiger charge is 2.41. The molecule has 1 aromatic heterocycles. The van der Waals surface area contributed by atoms with E-state index in [0.717, 1.165) is 37.4 Å². The van der Waals surface area contributed by atoms with Crippen molar-refractivity contribution < 1.29 is 4.79 Å². The van der Waals surface area contributed by atoms with Gasteiger partial charge in [-0.25, -0.2) is 9.88 Å². The standard InChI is InChI=1S/C27H29ClN8O/c1-17-5-4-6-21(28)23(17)36-25(37)20-16-30-26(32-24(20)35-10-9-29-27(35)36)31-19-7-8-22(18(2)15-19)34-13-11-33(3)12-14-34/h4-8,15-16H,9-14H2,1-3H3,(H,30,31,32). The van der Waals surface area contributed by atoms with Crippen molar-refractivity contribution in [2.24, 2.45) is 4.99 Å². The molecule has 6 rings (SSSR count). The number of carbonyl (C=O) groups is 1. The van der Waals surface area contributed by atoms with Crippen molar-refractivity contribution >= 4 is 52.3 Å². The van der Waals surface area contributed by atoms with Crippen LogP contribution in [0.1, 0.15) is 21.5 Å². The summed E-state index contributed by atoms with van der Waals surface area (Å²) in [6, 6.07) is 11.9. The van der Waals surface area contributed by atoms with Gasteiger partial charge >= 0.3 is 0 Å². The molecule has 1 N–H and O–H groups in total. The first-order chi connectivity index (χ1) is 17.9. The van der Waals surface area contributed by atoms with Crippen LogP contribution in [-0.2, 0) is 0 Å². The Morgan fingerprint density at radius 2 is 1.81 bits per heavy atom. The van der Waals surface area contributed by atoms with Crippen LogP contribution in [-0.4, -0.2) is 73.1 Å². The highest BCUT2D eigenvalue weighted by molar-refractivity contribution is 6.38. The minimum atomic E-state index is -0.234. The molecule has 0 aliphatic carbocycles. The maximum Gasteiger partial charge on any atom is 0.270 e. The van der Waals surface area contributed by atoms with Crippen LogP contribution in [0.2, 0.25) is 5.02 Å². The van der Waals surface area contributed by atoms with E-state index in [4.69, 9.17) is 16.6 Å². The molecule has 1 fully saturated rings. The van der Waals surface area contributed by atoms with Gasteiger partial charge in [0.25, 0.3) is 5.91 Å². The van der Waals surface area contributed by atoms with Gasteiger partial charge in [-0.2, -0.15) is 4.98 Å². The Morgan fingerprint density at radius 1 is 1.00 bits per heavy atom. The summed E-state index contributed by atoms with van der Waals surface area (Å²) >= 11 is 6.53. The highest BCUT2D eigenvalue weighted by atomic mass is 35.5. The van der Waals surface area contributed by atoms with E-state index in [1.165, 1.54) is 11.3 Å². The quantitative estimate of drug-likeness (QED) is 0.559. The summed E-state index contributed by atoms with van der Waals surface area (Å²) < 4.78 is 0. The molecule has 3 aliphatic rings. The van der Waals surface area contributed by atoms with E-state index in [9.17, 15) is 4.79 Å². The van der Waals surface area contributed by atoms with Crippen molar-refractivity contribution in [3.63, 3.8) is 0 Å². The number of nitrogens with zero attached hydrogens (tertiary/aromatic N) is 7. The van der Waals surface area contributed by atoms with Crippen molar-refractivity contribution in [2.45, 2.75) is 13.8 Å².